The standard InChI is InChI=1S/C33H43FN4O7S/c1-21-9-5-3-4-6-10-22-17-33(22,31(41)37-46(42,43)32(20-34)13-14-32)36-29(40)26-16-23(19-38(26)28(39)15-21)45-30-25-12-8-7-11-24(25)27(44-2)18-35-30/h7-8,11-12,18,21-23,26H,3-6,9-10,13-17,19-20H2,1-2H3,(H,36,40)(H,37,41). The zero-order valence-corrected chi connectivity index (χ0v) is 27.2. The number of amides is 3. The van der Waals surface area contributed by atoms with Crippen molar-refractivity contribution in [3.63, 3.8) is 0 Å². The van der Waals surface area contributed by atoms with Crippen LogP contribution in [0.25, 0.3) is 10.8 Å². The maximum Gasteiger partial charge on any atom is 0.259 e. The van der Waals surface area contributed by atoms with E-state index in [2.05, 4.69) is 15.0 Å². The van der Waals surface area contributed by atoms with Gasteiger partial charge in [0, 0.05) is 23.6 Å². The number of halogens is 1. The fourth-order valence-corrected chi connectivity index (χ4v) is 8.55. The van der Waals surface area contributed by atoms with Crippen molar-refractivity contribution in [3.05, 3.63) is 30.5 Å². The smallest absolute Gasteiger partial charge is 0.259 e. The molecule has 2 aliphatic heterocycles. The Kier molecular flexibility index (Phi) is 8.90. The number of sulfonamides is 1. The Bertz CT molecular complexity index is 1620. The Morgan fingerprint density at radius 1 is 1.13 bits per heavy atom. The van der Waals surface area contributed by atoms with Crippen molar-refractivity contribution in [3.8, 4) is 11.6 Å². The van der Waals surface area contributed by atoms with E-state index in [-0.39, 0.29) is 56.4 Å². The number of benzene rings is 1. The molecule has 46 heavy (non-hydrogen) atoms. The lowest BCUT2D eigenvalue weighted by atomic mass is 9.98. The van der Waals surface area contributed by atoms with Crippen molar-refractivity contribution < 1.29 is 36.7 Å². The topological polar surface area (TPSA) is 144 Å². The van der Waals surface area contributed by atoms with Gasteiger partial charge in [0.2, 0.25) is 27.7 Å². The van der Waals surface area contributed by atoms with E-state index in [0.29, 0.717) is 18.1 Å². The van der Waals surface area contributed by atoms with Crippen LogP contribution in [0.1, 0.15) is 77.6 Å². The number of nitrogens with one attached hydrogen (secondary N) is 2. The van der Waals surface area contributed by atoms with Gasteiger partial charge in [0.1, 0.15) is 34.9 Å². The van der Waals surface area contributed by atoms with Crippen molar-refractivity contribution in [1.82, 2.24) is 19.9 Å². The number of alkyl halides is 1. The third kappa shape index (κ3) is 6.14. The Morgan fingerprint density at radius 2 is 1.85 bits per heavy atom. The molecule has 5 unspecified atom stereocenters. The molecule has 6 rings (SSSR count). The van der Waals surface area contributed by atoms with Crippen LogP contribution in [0.2, 0.25) is 0 Å². The van der Waals surface area contributed by atoms with Gasteiger partial charge in [-0.25, -0.2) is 17.8 Å². The largest absolute Gasteiger partial charge is 0.494 e. The van der Waals surface area contributed by atoms with Crippen LogP contribution in [-0.2, 0) is 24.4 Å². The second kappa shape index (κ2) is 12.6. The minimum Gasteiger partial charge on any atom is -0.494 e. The summed E-state index contributed by atoms with van der Waals surface area (Å²) in [6.07, 6.45) is 7.28. The van der Waals surface area contributed by atoms with Crippen LogP contribution in [-0.4, -0.2) is 78.8 Å². The first-order valence-corrected chi connectivity index (χ1v) is 17.8. The first-order valence-electron chi connectivity index (χ1n) is 16.3. The van der Waals surface area contributed by atoms with Gasteiger partial charge in [-0.05, 0) is 43.6 Å². The molecule has 11 nitrogen and oxygen atoms in total. The van der Waals surface area contributed by atoms with E-state index in [9.17, 15) is 27.2 Å². The molecule has 1 aromatic carbocycles. The van der Waals surface area contributed by atoms with Crippen molar-refractivity contribution >= 4 is 38.5 Å². The number of carbonyl (C=O) groups excluding carboxylic acids is 3. The first kappa shape index (κ1) is 32.5. The molecule has 3 amide bonds. The fourth-order valence-electron chi connectivity index (χ4n) is 7.12. The molecule has 13 heteroatoms. The summed E-state index contributed by atoms with van der Waals surface area (Å²) in [5.74, 6) is -0.714. The third-order valence-corrected chi connectivity index (χ3v) is 12.4. The second-order valence-electron chi connectivity index (χ2n) is 13.6. The first-order chi connectivity index (χ1) is 22.0. The van der Waals surface area contributed by atoms with Crippen LogP contribution in [0.4, 0.5) is 4.39 Å². The highest BCUT2D eigenvalue weighted by molar-refractivity contribution is 7.91. The van der Waals surface area contributed by atoms with Crippen LogP contribution < -0.4 is 19.5 Å². The molecule has 2 N–H and O–H groups in total. The molecule has 2 saturated heterocycles. The van der Waals surface area contributed by atoms with Gasteiger partial charge in [-0.3, -0.25) is 19.1 Å². The van der Waals surface area contributed by atoms with Gasteiger partial charge in [-0.15, -0.1) is 0 Å². The summed E-state index contributed by atoms with van der Waals surface area (Å²) in [7, 11) is -2.70. The average molecular weight is 659 g/mol. The van der Waals surface area contributed by atoms with E-state index in [0.717, 1.165) is 42.9 Å². The van der Waals surface area contributed by atoms with Gasteiger partial charge >= 0.3 is 0 Å². The van der Waals surface area contributed by atoms with E-state index in [4.69, 9.17) is 9.47 Å². The number of nitrogens with zero attached hydrogens (tertiary/aromatic N) is 2. The molecule has 2 saturated carbocycles. The zero-order valence-electron chi connectivity index (χ0n) is 26.4. The summed E-state index contributed by atoms with van der Waals surface area (Å²) in [5.41, 5.74) is -1.44. The normalized spacial score (nSPS) is 29.8. The van der Waals surface area contributed by atoms with E-state index >= 15 is 0 Å². The van der Waals surface area contributed by atoms with Crippen LogP contribution in [0.15, 0.2) is 30.5 Å². The third-order valence-electron chi connectivity index (χ3n) is 10.3. The highest BCUT2D eigenvalue weighted by Crippen LogP contribution is 2.49. The minimum absolute atomic E-state index is 0.134. The Hall–Kier alpha value is -3.48. The number of carbonyl (C=O) groups is 3. The average Bonchev–Trinajstić information content (AvgIpc) is 3.93. The Labute approximate surface area is 269 Å². The minimum atomic E-state index is -4.27. The van der Waals surface area contributed by atoms with Crippen LogP contribution in [0.3, 0.4) is 0 Å². The molecule has 0 spiro atoms. The number of pyridine rings is 1. The SMILES string of the molecule is COc1cnc(OC2CC3C(=O)NC4(C(=O)NS(=O)(=O)C5(CF)CC5)CC4CCCCCCC(C)CC(=O)N3C2)c2ccccc12. The predicted molar refractivity (Wildman–Crippen MR) is 168 cm³/mol. The van der Waals surface area contributed by atoms with Crippen molar-refractivity contribution in [2.75, 3.05) is 20.3 Å². The maximum atomic E-state index is 14.1. The summed E-state index contributed by atoms with van der Waals surface area (Å²) in [4.78, 5) is 47.4. The molecule has 2 aliphatic carbocycles. The summed E-state index contributed by atoms with van der Waals surface area (Å²) in [6.45, 7) is 1.12. The lowest BCUT2D eigenvalue weighted by molar-refractivity contribution is -0.140. The van der Waals surface area contributed by atoms with Crippen LogP contribution in [0.5, 0.6) is 11.6 Å². The molecule has 0 bridgehead atoms. The van der Waals surface area contributed by atoms with Gasteiger partial charge in [0.05, 0.1) is 19.9 Å². The van der Waals surface area contributed by atoms with Crippen molar-refractivity contribution in [2.45, 2.75) is 100.0 Å². The number of hydrogen-bond donors (Lipinski definition) is 2. The van der Waals surface area contributed by atoms with Gasteiger partial charge < -0.3 is 19.7 Å². The van der Waals surface area contributed by atoms with E-state index in [1.165, 1.54) is 4.90 Å². The van der Waals surface area contributed by atoms with E-state index < -0.39 is 50.9 Å². The molecule has 3 heterocycles. The van der Waals surface area contributed by atoms with Gasteiger partial charge in [-0.1, -0.05) is 57.2 Å². The lowest BCUT2D eigenvalue weighted by Gasteiger charge is -2.27. The van der Waals surface area contributed by atoms with Crippen LogP contribution in [0, 0.1) is 11.8 Å². The molecule has 0 radical (unpaired) electrons. The summed E-state index contributed by atoms with van der Waals surface area (Å²) >= 11 is 0. The molecular weight excluding hydrogens is 615 g/mol. The molecule has 2 aromatic rings. The predicted octanol–water partition coefficient (Wildman–Crippen LogP) is 3.80. The Balaban J connectivity index is 1.26. The molecule has 4 aliphatic rings. The van der Waals surface area contributed by atoms with E-state index in [1.807, 2.05) is 31.2 Å². The number of rotatable bonds is 7. The monoisotopic (exact) mass is 658 g/mol. The highest BCUT2D eigenvalue weighted by Gasteiger charge is 2.64. The van der Waals surface area contributed by atoms with Crippen LogP contribution >= 0.6 is 0 Å². The molecular formula is C33H43FN4O7S. The quantitative estimate of drug-likeness (QED) is 0.458. The number of aromatic nitrogens is 1. The van der Waals surface area contributed by atoms with E-state index in [1.54, 1.807) is 13.3 Å². The summed E-state index contributed by atoms with van der Waals surface area (Å²) in [6, 6.07) is 6.59. The number of hydrogen-bond acceptors (Lipinski definition) is 8. The summed E-state index contributed by atoms with van der Waals surface area (Å²) in [5, 5.41) is 4.44. The number of methoxy groups -OCH3 is 1. The number of ether oxygens (including phenoxy) is 2. The highest BCUT2D eigenvalue weighted by atomic mass is 32.2. The maximum absolute atomic E-state index is 14.1. The summed E-state index contributed by atoms with van der Waals surface area (Å²) < 4.78 is 52.0. The molecule has 4 fully saturated rings. The zero-order chi connectivity index (χ0) is 32.7. The van der Waals surface area contributed by atoms with Gasteiger partial charge in [0.15, 0.2) is 0 Å². The molecule has 250 valence electrons. The van der Waals surface area contributed by atoms with Crippen molar-refractivity contribution in [1.29, 1.82) is 0 Å². The van der Waals surface area contributed by atoms with Crippen molar-refractivity contribution in [2.24, 2.45) is 11.8 Å². The molecule has 1 aromatic heterocycles. The Morgan fingerprint density at radius 3 is 2.54 bits per heavy atom. The molecule has 5 atom stereocenters. The van der Waals surface area contributed by atoms with Gasteiger partial charge in [0.25, 0.3) is 5.91 Å². The number of fused-ring (bicyclic) bond motifs is 3. The second-order valence-corrected chi connectivity index (χ2v) is 15.7. The fraction of sp³-hybridized carbons (Fsp3) is 0.636. The van der Waals surface area contributed by atoms with Gasteiger partial charge in [-0.2, -0.15) is 0 Å². The lowest BCUT2D eigenvalue weighted by Crippen LogP contribution is -2.57.